The van der Waals surface area contributed by atoms with E-state index in [9.17, 15) is 9.18 Å². The number of carbonyl (C=O) groups is 1. The van der Waals surface area contributed by atoms with Gasteiger partial charge in [-0.05, 0) is 57.3 Å². The van der Waals surface area contributed by atoms with Crippen LogP contribution in [0.15, 0.2) is 17.0 Å². The van der Waals surface area contributed by atoms with Gasteiger partial charge in [-0.15, -0.1) is 0 Å². The van der Waals surface area contributed by atoms with E-state index < -0.39 is 11.8 Å². The predicted molar refractivity (Wildman–Crippen MR) is 73.5 cm³/mol. The third-order valence-corrected chi connectivity index (χ3v) is 4.39. The van der Waals surface area contributed by atoms with E-state index in [1.807, 2.05) is 0 Å². The van der Waals surface area contributed by atoms with E-state index in [0.29, 0.717) is 6.54 Å². The Kier molecular flexibility index (Phi) is 3.87. The molecule has 0 aromatic heterocycles. The van der Waals surface area contributed by atoms with Crippen molar-refractivity contribution in [3.05, 3.63) is 29.1 Å². The first-order valence-electron chi connectivity index (χ1n) is 6.28. The van der Waals surface area contributed by atoms with Gasteiger partial charge < -0.3 is 4.74 Å². The Hall–Kier alpha value is -1.07. The highest BCUT2D eigenvalue weighted by Gasteiger charge is 2.31. The third-order valence-electron chi connectivity index (χ3n) is 2.92. The maximum Gasteiger partial charge on any atom is 0.341 e. The van der Waals surface area contributed by atoms with Crippen LogP contribution in [-0.2, 0) is 11.3 Å². The summed E-state index contributed by atoms with van der Waals surface area (Å²) >= 11 is 1.56. The molecule has 1 aliphatic heterocycles. The molecule has 19 heavy (non-hydrogen) atoms. The van der Waals surface area contributed by atoms with E-state index in [1.165, 1.54) is 6.07 Å². The number of rotatable bonds is 2. The number of halogens is 1. The molecule has 3 nitrogen and oxygen atoms in total. The fourth-order valence-corrected chi connectivity index (χ4v) is 2.97. The molecule has 0 aliphatic carbocycles. The molecule has 1 aromatic carbocycles. The van der Waals surface area contributed by atoms with E-state index in [-0.39, 0.29) is 17.7 Å². The van der Waals surface area contributed by atoms with E-state index in [2.05, 4.69) is 25.1 Å². The second-order valence-corrected chi connectivity index (χ2v) is 6.52. The van der Waals surface area contributed by atoms with Crippen molar-refractivity contribution in [3.63, 3.8) is 0 Å². The Morgan fingerprint density at radius 2 is 2.16 bits per heavy atom. The molecular weight excluding hydrogens is 265 g/mol. The van der Waals surface area contributed by atoms with Gasteiger partial charge in [0.25, 0.3) is 0 Å². The molecule has 0 bridgehead atoms. The molecule has 0 atom stereocenters. The summed E-state index contributed by atoms with van der Waals surface area (Å²) < 4.78 is 20.9. The lowest BCUT2D eigenvalue weighted by atomic mass is 10.1. The molecular formula is C14H18FNO2S. The highest BCUT2D eigenvalue weighted by molar-refractivity contribution is 7.97. The normalized spacial score (nSPS) is 15.4. The molecule has 0 fully saturated rings. The van der Waals surface area contributed by atoms with Crippen molar-refractivity contribution in [1.29, 1.82) is 0 Å². The largest absolute Gasteiger partial charge is 0.462 e. The topological polar surface area (TPSA) is 29.5 Å². The molecule has 1 aromatic rings. The second kappa shape index (κ2) is 5.13. The van der Waals surface area contributed by atoms with Gasteiger partial charge in [0.2, 0.25) is 0 Å². The molecule has 0 saturated heterocycles. The molecule has 104 valence electrons. The van der Waals surface area contributed by atoms with Crippen molar-refractivity contribution in [3.8, 4) is 0 Å². The van der Waals surface area contributed by atoms with Crippen LogP contribution in [0.3, 0.4) is 0 Å². The van der Waals surface area contributed by atoms with E-state index >= 15 is 0 Å². The van der Waals surface area contributed by atoms with E-state index in [1.54, 1.807) is 24.9 Å². The lowest BCUT2D eigenvalue weighted by molar-refractivity contribution is 0.0520. The molecule has 0 amide bonds. The molecule has 0 N–H and O–H groups in total. The summed E-state index contributed by atoms with van der Waals surface area (Å²) in [5, 5.41) is 0. The van der Waals surface area contributed by atoms with Crippen molar-refractivity contribution in [2.75, 3.05) is 6.61 Å². The Balaban J connectivity index is 2.30. The molecule has 0 radical (unpaired) electrons. The van der Waals surface area contributed by atoms with Crippen LogP contribution in [0.2, 0.25) is 0 Å². The smallest absolute Gasteiger partial charge is 0.341 e. The van der Waals surface area contributed by atoms with Gasteiger partial charge in [-0.1, -0.05) is 0 Å². The highest BCUT2D eigenvalue weighted by Crippen LogP contribution is 2.41. The Bertz CT molecular complexity index is 511. The van der Waals surface area contributed by atoms with Crippen molar-refractivity contribution >= 4 is 17.9 Å². The van der Waals surface area contributed by atoms with Gasteiger partial charge in [0, 0.05) is 17.0 Å². The summed E-state index contributed by atoms with van der Waals surface area (Å²) in [4.78, 5) is 12.6. The van der Waals surface area contributed by atoms with Crippen LogP contribution < -0.4 is 0 Å². The van der Waals surface area contributed by atoms with Crippen LogP contribution in [0.5, 0.6) is 0 Å². The first-order valence-corrected chi connectivity index (χ1v) is 7.05. The van der Waals surface area contributed by atoms with Crippen LogP contribution in [-0.4, -0.2) is 22.4 Å². The zero-order valence-electron chi connectivity index (χ0n) is 11.6. The Morgan fingerprint density at radius 1 is 1.47 bits per heavy atom. The SMILES string of the molecule is CCOC(=O)c1cc2c(cc1F)CN(C(C)(C)C)S2. The van der Waals surface area contributed by atoms with Crippen LogP contribution >= 0.6 is 11.9 Å². The predicted octanol–water partition coefficient (Wildman–Crippen LogP) is 3.62. The van der Waals surface area contributed by atoms with Gasteiger partial charge >= 0.3 is 5.97 Å². The van der Waals surface area contributed by atoms with Crippen LogP contribution in [0.1, 0.15) is 43.6 Å². The zero-order chi connectivity index (χ0) is 14.2. The molecule has 0 unspecified atom stereocenters. The van der Waals surface area contributed by atoms with Gasteiger partial charge in [0.05, 0.1) is 12.2 Å². The van der Waals surface area contributed by atoms with Crippen LogP contribution in [0, 0.1) is 5.82 Å². The van der Waals surface area contributed by atoms with Crippen molar-refractivity contribution in [2.45, 2.75) is 44.7 Å². The second-order valence-electron chi connectivity index (χ2n) is 5.46. The number of benzene rings is 1. The summed E-state index contributed by atoms with van der Waals surface area (Å²) in [6.45, 7) is 8.96. The van der Waals surface area contributed by atoms with Gasteiger partial charge in [-0.25, -0.2) is 13.5 Å². The molecule has 2 rings (SSSR count). The number of fused-ring (bicyclic) bond motifs is 1. The molecule has 0 spiro atoms. The Morgan fingerprint density at radius 3 is 2.74 bits per heavy atom. The summed E-state index contributed by atoms with van der Waals surface area (Å²) in [6, 6.07) is 3.04. The zero-order valence-corrected chi connectivity index (χ0v) is 12.4. The van der Waals surface area contributed by atoms with Crippen molar-refractivity contribution in [2.24, 2.45) is 0 Å². The lowest BCUT2D eigenvalue weighted by Gasteiger charge is -2.29. The maximum atomic E-state index is 13.9. The van der Waals surface area contributed by atoms with E-state index in [4.69, 9.17) is 4.74 Å². The molecule has 0 saturated carbocycles. The minimum atomic E-state index is -0.599. The maximum absolute atomic E-state index is 13.9. The number of nitrogens with zero attached hydrogens (tertiary/aromatic N) is 1. The summed E-state index contributed by atoms with van der Waals surface area (Å²) in [5.74, 6) is -1.11. The summed E-state index contributed by atoms with van der Waals surface area (Å²) in [6.07, 6.45) is 0. The van der Waals surface area contributed by atoms with Crippen LogP contribution in [0.4, 0.5) is 4.39 Å². The monoisotopic (exact) mass is 283 g/mol. The quantitative estimate of drug-likeness (QED) is 0.612. The van der Waals surface area contributed by atoms with Gasteiger partial charge in [-0.2, -0.15) is 0 Å². The van der Waals surface area contributed by atoms with Crippen LogP contribution in [0.25, 0.3) is 0 Å². The van der Waals surface area contributed by atoms with E-state index in [0.717, 1.165) is 10.5 Å². The van der Waals surface area contributed by atoms with Crippen molar-refractivity contribution in [1.82, 2.24) is 4.31 Å². The standard InChI is InChI=1S/C14H18FNO2S/c1-5-18-13(17)10-7-12-9(6-11(10)15)8-16(19-12)14(2,3)4/h6-7H,5,8H2,1-4H3. The average molecular weight is 283 g/mol. The fraction of sp³-hybridized carbons (Fsp3) is 0.500. The van der Waals surface area contributed by atoms with Gasteiger partial charge in [0.15, 0.2) is 0 Å². The lowest BCUT2D eigenvalue weighted by Crippen LogP contribution is -2.32. The number of ether oxygens (including phenoxy) is 1. The fourth-order valence-electron chi connectivity index (χ4n) is 1.85. The molecule has 5 heteroatoms. The summed E-state index contributed by atoms with van der Waals surface area (Å²) in [5.41, 5.74) is 0.930. The van der Waals surface area contributed by atoms with Crippen molar-refractivity contribution < 1.29 is 13.9 Å². The average Bonchev–Trinajstić information content (AvgIpc) is 2.70. The molecule has 1 heterocycles. The van der Waals surface area contributed by atoms with Gasteiger partial charge in [-0.3, -0.25) is 0 Å². The first kappa shape index (κ1) is 14.3. The number of esters is 1. The third kappa shape index (κ3) is 2.92. The number of carbonyl (C=O) groups excluding carboxylic acids is 1. The minimum Gasteiger partial charge on any atom is -0.462 e. The Labute approximate surface area is 117 Å². The minimum absolute atomic E-state index is 0.00967. The molecule has 1 aliphatic rings. The summed E-state index contributed by atoms with van der Waals surface area (Å²) in [7, 11) is 0. The first-order chi connectivity index (χ1) is 8.82. The van der Waals surface area contributed by atoms with Gasteiger partial charge in [0.1, 0.15) is 5.82 Å². The number of hydrogen-bond acceptors (Lipinski definition) is 4. The number of hydrogen-bond donors (Lipinski definition) is 0. The highest BCUT2D eigenvalue weighted by atomic mass is 32.2.